The summed E-state index contributed by atoms with van der Waals surface area (Å²) in [5, 5.41) is 3.85. The third kappa shape index (κ3) is 7.70. The average molecular weight is 606 g/mol. The molecule has 1 unspecified atom stereocenters. The molecule has 43 heavy (non-hydrogen) atoms. The molecule has 0 bridgehead atoms. The molecule has 5 rings (SSSR count). The van der Waals surface area contributed by atoms with Crippen molar-refractivity contribution >= 4 is 51.4 Å². The van der Waals surface area contributed by atoms with Crippen molar-refractivity contribution in [2.75, 3.05) is 13.7 Å². The molecule has 1 radical (unpaired) electrons. The van der Waals surface area contributed by atoms with E-state index in [1.165, 1.54) is 0 Å². The molecule has 0 spiro atoms. The van der Waals surface area contributed by atoms with Crippen LogP contribution in [0.3, 0.4) is 0 Å². The summed E-state index contributed by atoms with van der Waals surface area (Å²) >= 11 is 0. The van der Waals surface area contributed by atoms with Crippen LogP contribution >= 0.6 is 0 Å². The van der Waals surface area contributed by atoms with Crippen molar-refractivity contribution in [1.29, 1.82) is 0 Å². The number of aryl methyl sites for hydroxylation is 2. The molecule has 0 fully saturated rings. The zero-order valence-corrected chi connectivity index (χ0v) is 28.3. The van der Waals surface area contributed by atoms with Gasteiger partial charge in [-0.3, -0.25) is 18.9 Å². The second kappa shape index (κ2) is 15.0. The van der Waals surface area contributed by atoms with Crippen LogP contribution in [0.5, 0.6) is 5.75 Å². The van der Waals surface area contributed by atoms with Gasteiger partial charge in [0.05, 0.1) is 18.0 Å². The van der Waals surface area contributed by atoms with Crippen LogP contribution in [0.1, 0.15) is 42.9 Å². The van der Waals surface area contributed by atoms with Crippen molar-refractivity contribution in [1.82, 2.24) is 19.7 Å². The van der Waals surface area contributed by atoms with Gasteiger partial charge in [0.2, 0.25) is 0 Å². The summed E-state index contributed by atoms with van der Waals surface area (Å²) in [7, 11) is 1.64. The quantitative estimate of drug-likeness (QED) is 0.208. The number of nitrogens with zero attached hydrogens (tertiary/aromatic N) is 3. The van der Waals surface area contributed by atoms with Crippen molar-refractivity contribution in [2.24, 2.45) is 0 Å². The Balaban J connectivity index is 0.00000423. The molecule has 5 aromatic rings. The minimum absolute atomic E-state index is 0. The molecule has 217 valence electrons. The van der Waals surface area contributed by atoms with Crippen LogP contribution in [0.15, 0.2) is 86.9 Å². The van der Waals surface area contributed by atoms with Crippen LogP contribution in [0.25, 0.3) is 28.2 Å². The second-order valence-electron chi connectivity index (χ2n) is 10.2. The molecule has 0 aliphatic rings. The number of H-pyrrole nitrogens is 1. The number of benzene rings is 3. The van der Waals surface area contributed by atoms with Crippen molar-refractivity contribution < 1.29 is 14.0 Å². The van der Waals surface area contributed by atoms with E-state index in [0.717, 1.165) is 46.5 Å². The van der Waals surface area contributed by atoms with Crippen LogP contribution < -0.4 is 16.1 Å². The van der Waals surface area contributed by atoms with Crippen LogP contribution in [-0.2, 0) is 17.6 Å². The van der Waals surface area contributed by atoms with Crippen molar-refractivity contribution in [3.63, 3.8) is 0 Å². The standard InChI is InChI=1S/C33H34N4O5.K/c1-5-8-30-29(32(38)37(22(3)34-30)25-15-17-26(18-16-25)41-21(2)20-40-4)19-23-11-13-24(14-12-23)27-9-6-7-10-28(27)31-35-33(39)42-36-31;/h6-7,9-18,21H,5,8,19-20H2,1-4H3,(H,35,36,39);. The fourth-order valence-corrected chi connectivity index (χ4v) is 5.11. The summed E-state index contributed by atoms with van der Waals surface area (Å²) in [5.74, 6) is 1.13. The van der Waals surface area contributed by atoms with E-state index in [0.29, 0.717) is 36.0 Å². The zero-order chi connectivity index (χ0) is 29.6. The fraction of sp³-hybridized carbons (Fsp3) is 0.273. The normalized spacial score (nSPS) is 11.6. The Labute approximate surface area is 292 Å². The smallest absolute Gasteiger partial charge is 0.439 e. The van der Waals surface area contributed by atoms with Gasteiger partial charge in [0.15, 0.2) is 5.82 Å². The number of hydrogen-bond acceptors (Lipinski definition) is 7. The molecule has 2 heterocycles. The first-order chi connectivity index (χ1) is 20.4. The summed E-state index contributed by atoms with van der Waals surface area (Å²) in [6.45, 7) is 6.38. The summed E-state index contributed by atoms with van der Waals surface area (Å²) in [6, 6.07) is 23.2. The van der Waals surface area contributed by atoms with Gasteiger partial charge in [-0.05, 0) is 61.2 Å². The molecule has 1 N–H and O–H groups in total. The molecule has 9 nitrogen and oxygen atoms in total. The number of methoxy groups -OCH3 is 1. The molecule has 3 aromatic carbocycles. The number of nitrogens with one attached hydrogen (secondary N) is 1. The number of aromatic nitrogens is 4. The van der Waals surface area contributed by atoms with Crippen molar-refractivity contribution in [3.05, 3.63) is 116 Å². The van der Waals surface area contributed by atoms with E-state index in [-0.39, 0.29) is 63.0 Å². The Kier molecular flexibility index (Phi) is 11.5. The minimum Gasteiger partial charge on any atom is -0.488 e. The van der Waals surface area contributed by atoms with Crippen LogP contribution in [0.4, 0.5) is 0 Å². The maximum Gasteiger partial charge on any atom is 0.439 e. The van der Waals surface area contributed by atoms with E-state index >= 15 is 0 Å². The number of ether oxygens (including phenoxy) is 2. The molecule has 0 aliphatic carbocycles. The van der Waals surface area contributed by atoms with E-state index in [4.69, 9.17) is 19.0 Å². The Morgan fingerprint density at radius 1 is 0.977 bits per heavy atom. The third-order valence-corrected chi connectivity index (χ3v) is 7.02. The number of aromatic amines is 1. The first-order valence-corrected chi connectivity index (χ1v) is 14.0. The van der Waals surface area contributed by atoms with Gasteiger partial charge < -0.3 is 9.47 Å². The van der Waals surface area contributed by atoms with Gasteiger partial charge >= 0.3 is 5.76 Å². The number of rotatable bonds is 11. The van der Waals surface area contributed by atoms with Crippen LogP contribution in [0.2, 0.25) is 0 Å². The van der Waals surface area contributed by atoms with Gasteiger partial charge in [0.1, 0.15) is 17.7 Å². The van der Waals surface area contributed by atoms with Gasteiger partial charge in [-0.2, -0.15) is 0 Å². The predicted octanol–water partition coefficient (Wildman–Crippen LogP) is 5.13. The fourth-order valence-electron chi connectivity index (χ4n) is 5.11. The first kappa shape index (κ1) is 32.8. The maximum atomic E-state index is 14.0. The van der Waals surface area contributed by atoms with E-state index in [1.54, 1.807) is 11.7 Å². The Morgan fingerprint density at radius 2 is 1.67 bits per heavy atom. The SMILES string of the molecule is CCCc1nc(C)n(-c2ccc(OC(C)COC)cc2)c(=O)c1Cc1ccc(-c2ccccc2-c2noc(=O)[nH]2)cc1.[K]. The van der Waals surface area contributed by atoms with Gasteiger partial charge in [0, 0.05) is 76.0 Å². The average Bonchev–Trinajstić information content (AvgIpc) is 3.42. The van der Waals surface area contributed by atoms with Crippen molar-refractivity contribution in [2.45, 2.75) is 46.1 Å². The summed E-state index contributed by atoms with van der Waals surface area (Å²) < 4.78 is 17.4. The molecular weight excluding hydrogens is 571 g/mol. The molecule has 2 aromatic heterocycles. The molecule has 0 amide bonds. The van der Waals surface area contributed by atoms with Gasteiger partial charge in [-0.15, -0.1) is 0 Å². The van der Waals surface area contributed by atoms with Gasteiger partial charge in [-0.1, -0.05) is 67.0 Å². The molecular formula is C33H34KN4O5. The zero-order valence-electron chi connectivity index (χ0n) is 25.2. The molecule has 0 aliphatic heterocycles. The monoisotopic (exact) mass is 605 g/mol. The topological polar surface area (TPSA) is 112 Å². The largest absolute Gasteiger partial charge is 0.488 e. The van der Waals surface area contributed by atoms with Gasteiger partial charge in [-0.25, -0.2) is 9.78 Å². The Bertz CT molecular complexity index is 1780. The minimum atomic E-state index is -0.601. The predicted molar refractivity (Wildman–Crippen MR) is 167 cm³/mol. The second-order valence-corrected chi connectivity index (χ2v) is 10.2. The van der Waals surface area contributed by atoms with E-state index in [1.807, 2.05) is 86.6 Å². The van der Waals surface area contributed by atoms with E-state index < -0.39 is 5.76 Å². The summed E-state index contributed by atoms with van der Waals surface area (Å²) in [6.07, 6.45) is 1.97. The number of hydrogen-bond donors (Lipinski definition) is 1. The third-order valence-electron chi connectivity index (χ3n) is 7.02. The van der Waals surface area contributed by atoms with Crippen molar-refractivity contribution in [3.8, 4) is 34.0 Å². The molecule has 0 saturated heterocycles. The Hall–Kier alpha value is -3.12. The molecule has 0 saturated carbocycles. The van der Waals surface area contributed by atoms with E-state index in [9.17, 15) is 9.59 Å². The van der Waals surface area contributed by atoms with Crippen LogP contribution in [0, 0.1) is 6.92 Å². The van der Waals surface area contributed by atoms with Gasteiger partial charge in [0.25, 0.3) is 5.56 Å². The molecule has 1 atom stereocenters. The maximum absolute atomic E-state index is 14.0. The van der Waals surface area contributed by atoms with Crippen LogP contribution in [-0.4, -0.2) is 90.9 Å². The molecule has 10 heteroatoms. The Morgan fingerprint density at radius 3 is 2.30 bits per heavy atom. The summed E-state index contributed by atoms with van der Waals surface area (Å²) in [5.41, 5.74) is 5.79. The van der Waals surface area contributed by atoms with E-state index in [2.05, 4.69) is 17.1 Å². The first-order valence-electron chi connectivity index (χ1n) is 14.0. The summed E-state index contributed by atoms with van der Waals surface area (Å²) in [4.78, 5) is 33.0.